The van der Waals surface area contributed by atoms with Crippen LogP contribution in [0.25, 0.3) is 11.0 Å². The number of rotatable bonds is 5. The van der Waals surface area contributed by atoms with Crippen molar-refractivity contribution in [3.63, 3.8) is 0 Å². The van der Waals surface area contributed by atoms with Crippen molar-refractivity contribution in [3.8, 4) is 0 Å². The van der Waals surface area contributed by atoms with Gasteiger partial charge in [-0.15, -0.1) is 0 Å². The Morgan fingerprint density at radius 1 is 1.27 bits per heavy atom. The van der Waals surface area contributed by atoms with E-state index in [2.05, 4.69) is 25.2 Å². The number of hydrogen-bond acceptors (Lipinski definition) is 8. The monoisotopic (exact) mass is 450 g/mol. The van der Waals surface area contributed by atoms with Crippen LogP contribution >= 0.6 is 0 Å². The molecule has 0 saturated carbocycles. The molecule has 4 rings (SSSR count). The van der Waals surface area contributed by atoms with Gasteiger partial charge in [0.15, 0.2) is 5.82 Å². The van der Waals surface area contributed by atoms with Gasteiger partial charge in [-0.05, 0) is 35.9 Å². The number of nitrogens with one attached hydrogen (secondary N) is 2. The molecule has 4 N–H and O–H groups in total. The third-order valence-corrected chi connectivity index (χ3v) is 5.21. The fourth-order valence-electron chi connectivity index (χ4n) is 3.49. The first kappa shape index (κ1) is 21.8. The van der Waals surface area contributed by atoms with Gasteiger partial charge in [-0.2, -0.15) is 0 Å². The van der Waals surface area contributed by atoms with Crippen molar-refractivity contribution in [3.05, 3.63) is 59.4 Å². The number of aromatic amines is 1. The number of hydrogen-bond donors (Lipinski definition) is 3. The lowest BCUT2D eigenvalue weighted by Crippen LogP contribution is -2.39. The highest BCUT2D eigenvalue weighted by Crippen LogP contribution is 2.25. The Labute approximate surface area is 188 Å². The maximum Gasteiger partial charge on any atom is 0.365 e. The first-order chi connectivity index (χ1) is 15.9. The SMILES string of the molecule is COC(=O)CC1Nc2ccc(C(=O)ON=C(N)c3nc4ccccc4[nH]3)cc2CN(C)C1=O. The van der Waals surface area contributed by atoms with E-state index >= 15 is 0 Å². The van der Waals surface area contributed by atoms with Crippen LogP contribution in [0, 0.1) is 0 Å². The summed E-state index contributed by atoms with van der Waals surface area (Å²) in [5.74, 6) is -1.28. The molecule has 3 aromatic rings. The molecule has 1 aromatic heterocycles. The Balaban J connectivity index is 1.50. The second kappa shape index (κ2) is 8.99. The Kier molecular flexibility index (Phi) is 5.94. The molecular formula is C22H22N6O5. The van der Waals surface area contributed by atoms with Gasteiger partial charge in [0, 0.05) is 19.3 Å². The third-order valence-electron chi connectivity index (χ3n) is 5.21. The summed E-state index contributed by atoms with van der Waals surface area (Å²) in [6.07, 6.45) is -0.112. The van der Waals surface area contributed by atoms with E-state index in [1.54, 1.807) is 19.2 Å². The largest absolute Gasteiger partial charge is 0.469 e. The van der Waals surface area contributed by atoms with Gasteiger partial charge in [-0.25, -0.2) is 9.78 Å². The number of ether oxygens (including phenoxy) is 1. The number of aromatic nitrogens is 2. The minimum atomic E-state index is -0.769. The average Bonchev–Trinajstić information content (AvgIpc) is 3.22. The van der Waals surface area contributed by atoms with Crippen LogP contribution in [0.1, 0.15) is 28.2 Å². The van der Waals surface area contributed by atoms with E-state index < -0.39 is 18.0 Å². The first-order valence-electron chi connectivity index (χ1n) is 10.1. The van der Waals surface area contributed by atoms with Crippen molar-refractivity contribution in [2.75, 3.05) is 19.5 Å². The summed E-state index contributed by atoms with van der Waals surface area (Å²) in [7, 11) is 2.88. The van der Waals surface area contributed by atoms with E-state index in [-0.39, 0.29) is 36.1 Å². The van der Waals surface area contributed by atoms with Crippen LogP contribution in [-0.4, -0.2) is 58.7 Å². The maximum atomic E-state index is 12.6. The van der Waals surface area contributed by atoms with Gasteiger partial charge in [0.2, 0.25) is 11.7 Å². The number of methoxy groups -OCH3 is 1. The number of amides is 1. The first-order valence-corrected chi connectivity index (χ1v) is 10.1. The minimum absolute atomic E-state index is 0.0769. The third kappa shape index (κ3) is 4.61. The number of nitrogens with two attached hydrogens (primary N) is 1. The highest BCUT2D eigenvalue weighted by Gasteiger charge is 2.29. The van der Waals surface area contributed by atoms with Crippen LogP contribution in [0.2, 0.25) is 0 Å². The van der Waals surface area contributed by atoms with Crippen LogP contribution in [-0.2, 0) is 25.7 Å². The molecule has 0 saturated heterocycles. The molecule has 0 aliphatic carbocycles. The number of amidine groups is 1. The molecule has 11 heteroatoms. The number of para-hydroxylation sites is 2. The summed E-state index contributed by atoms with van der Waals surface area (Å²) in [5, 5.41) is 6.75. The number of nitrogens with zero attached hydrogens (tertiary/aromatic N) is 3. The zero-order valence-electron chi connectivity index (χ0n) is 18.0. The average molecular weight is 450 g/mol. The number of carbonyl (C=O) groups excluding carboxylic acids is 3. The van der Waals surface area contributed by atoms with Crippen molar-refractivity contribution in [2.45, 2.75) is 19.0 Å². The van der Waals surface area contributed by atoms with Crippen LogP contribution in [0.4, 0.5) is 5.69 Å². The molecule has 1 aliphatic rings. The number of anilines is 1. The quantitative estimate of drug-likeness (QED) is 0.173. The Bertz CT molecular complexity index is 1230. The Hall–Kier alpha value is -4.41. The number of H-pyrrole nitrogens is 1. The second-order valence-corrected chi connectivity index (χ2v) is 7.50. The summed E-state index contributed by atoms with van der Waals surface area (Å²) in [4.78, 5) is 50.6. The number of oxime groups is 1. The molecule has 1 atom stereocenters. The molecule has 170 valence electrons. The number of fused-ring (bicyclic) bond motifs is 2. The fraction of sp³-hybridized carbons (Fsp3) is 0.227. The number of benzene rings is 2. The molecular weight excluding hydrogens is 428 g/mol. The van der Waals surface area contributed by atoms with Gasteiger partial charge < -0.3 is 30.5 Å². The lowest BCUT2D eigenvalue weighted by Gasteiger charge is -2.19. The highest BCUT2D eigenvalue weighted by atomic mass is 16.7. The minimum Gasteiger partial charge on any atom is -0.469 e. The van der Waals surface area contributed by atoms with Crippen LogP contribution in [0.3, 0.4) is 0 Å². The molecule has 1 aliphatic heterocycles. The van der Waals surface area contributed by atoms with Crippen molar-refractivity contribution in [2.24, 2.45) is 10.9 Å². The Morgan fingerprint density at radius 2 is 2.06 bits per heavy atom. The topological polar surface area (TPSA) is 152 Å². The van der Waals surface area contributed by atoms with Crippen LogP contribution < -0.4 is 11.1 Å². The zero-order valence-corrected chi connectivity index (χ0v) is 18.0. The molecule has 2 aromatic carbocycles. The maximum absolute atomic E-state index is 12.6. The number of likely N-dealkylation sites (N-methyl/N-ethyl adjacent to an activating group) is 1. The molecule has 11 nitrogen and oxygen atoms in total. The van der Waals surface area contributed by atoms with Crippen molar-refractivity contribution in [1.82, 2.24) is 14.9 Å². The van der Waals surface area contributed by atoms with E-state index in [9.17, 15) is 14.4 Å². The molecule has 2 heterocycles. The molecule has 0 radical (unpaired) electrons. The van der Waals surface area contributed by atoms with Crippen LogP contribution in [0.5, 0.6) is 0 Å². The Morgan fingerprint density at radius 3 is 2.82 bits per heavy atom. The van der Waals surface area contributed by atoms with Gasteiger partial charge in [-0.3, -0.25) is 9.59 Å². The van der Waals surface area contributed by atoms with Crippen molar-refractivity contribution < 1.29 is 24.0 Å². The summed E-state index contributed by atoms with van der Waals surface area (Å²) in [6, 6.07) is 11.4. The lowest BCUT2D eigenvalue weighted by atomic mass is 10.1. The number of imidazole rings is 1. The molecule has 0 spiro atoms. The fourth-order valence-corrected chi connectivity index (χ4v) is 3.49. The van der Waals surface area contributed by atoms with Gasteiger partial charge in [0.1, 0.15) is 6.04 Å². The number of esters is 1. The van der Waals surface area contributed by atoms with Gasteiger partial charge in [-0.1, -0.05) is 17.3 Å². The van der Waals surface area contributed by atoms with Gasteiger partial charge >= 0.3 is 11.9 Å². The van der Waals surface area contributed by atoms with E-state index in [0.717, 1.165) is 5.52 Å². The highest BCUT2D eigenvalue weighted by molar-refractivity contribution is 5.98. The predicted molar refractivity (Wildman–Crippen MR) is 119 cm³/mol. The molecule has 1 amide bonds. The molecule has 0 bridgehead atoms. The van der Waals surface area contributed by atoms with E-state index in [1.165, 1.54) is 18.1 Å². The predicted octanol–water partition coefficient (Wildman–Crippen LogP) is 1.36. The number of carbonyl (C=O) groups is 3. The zero-order chi connectivity index (χ0) is 23.5. The summed E-state index contributed by atoms with van der Waals surface area (Å²) in [6.45, 7) is 0.240. The summed E-state index contributed by atoms with van der Waals surface area (Å²) < 4.78 is 4.67. The van der Waals surface area contributed by atoms with Crippen molar-refractivity contribution in [1.29, 1.82) is 0 Å². The van der Waals surface area contributed by atoms with E-state index in [0.29, 0.717) is 16.8 Å². The smallest absolute Gasteiger partial charge is 0.365 e. The molecule has 1 unspecified atom stereocenters. The van der Waals surface area contributed by atoms with E-state index in [4.69, 9.17) is 10.6 Å². The lowest BCUT2D eigenvalue weighted by molar-refractivity contribution is -0.143. The van der Waals surface area contributed by atoms with Gasteiger partial charge in [0.25, 0.3) is 0 Å². The van der Waals surface area contributed by atoms with Crippen molar-refractivity contribution >= 4 is 40.4 Å². The standard InChI is InChI=1S/C22H22N6O5/c1-28-11-13-9-12(7-8-14(13)24-17(21(28)30)10-18(29)32-2)22(31)33-27-19(23)20-25-15-5-3-4-6-16(15)26-20/h3-9,17,24H,10-11H2,1-2H3,(H2,23,27)(H,25,26). The molecule has 0 fully saturated rings. The normalized spacial score (nSPS) is 16.1. The van der Waals surface area contributed by atoms with Gasteiger partial charge in [0.05, 0.1) is 30.1 Å². The van der Waals surface area contributed by atoms with Crippen LogP contribution in [0.15, 0.2) is 47.6 Å². The second-order valence-electron chi connectivity index (χ2n) is 7.50. The summed E-state index contributed by atoms with van der Waals surface area (Å²) in [5.41, 5.74) is 8.93. The summed E-state index contributed by atoms with van der Waals surface area (Å²) >= 11 is 0. The molecule has 33 heavy (non-hydrogen) atoms. The van der Waals surface area contributed by atoms with E-state index in [1.807, 2.05) is 24.3 Å².